The van der Waals surface area contributed by atoms with Gasteiger partial charge in [-0.3, -0.25) is 4.79 Å². The zero-order chi connectivity index (χ0) is 10.6. The van der Waals surface area contributed by atoms with Crippen molar-refractivity contribution in [1.29, 1.82) is 0 Å². The maximum absolute atomic E-state index is 11.6. The van der Waals surface area contributed by atoms with Crippen LogP contribution in [0.25, 0.3) is 0 Å². The molecule has 82 valence electrons. The molecule has 0 saturated carbocycles. The molecule has 1 rings (SSSR count). The van der Waals surface area contributed by atoms with E-state index in [4.69, 9.17) is 4.74 Å². The van der Waals surface area contributed by atoms with Crippen molar-refractivity contribution in [3.63, 3.8) is 0 Å². The second-order valence-electron chi connectivity index (χ2n) is 4.93. The topological polar surface area (TPSA) is 38.3 Å². The molecule has 0 aliphatic carbocycles. The van der Waals surface area contributed by atoms with E-state index in [9.17, 15) is 4.79 Å². The first-order chi connectivity index (χ1) is 6.50. The fourth-order valence-electron chi connectivity index (χ4n) is 1.37. The SMILES string of the molecule is CC(C)(C)C(=O)COC1CCNCC1. The van der Waals surface area contributed by atoms with Gasteiger partial charge in [-0.15, -0.1) is 0 Å². The smallest absolute Gasteiger partial charge is 0.163 e. The van der Waals surface area contributed by atoms with E-state index < -0.39 is 0 Å². The Labute approximate surface area is 86.2 Å². The predicted octanol–water partition coefficient (Wildman–Crippen LogP) is 1.37. The van der Waals surface area contributed by atoms with E-state index in [1.807, 2.05) is 20.8 Å². The first-order valence-electron chi connectivity index (χ1n) is 5.36. The van der Waals surface area contributed by atoms with Gasteiger partial charge in [-0.25, -0.2) is 0 Å². The molecule has 1 saturated heterocycles. The molecular formula is C11H21NO2. The number of rotatable bonds is 3. The molecule has 0 atom stereocenters. The zero-order valence-electron chi connectivity index (χ0n) is 9.43. The molecule has 3 nitrogen and oxygen atoms in total. The van der Waals surface area contributed by atoms with E-state index in [1.165, 1.54) is 0 Å². The van der Waals surface area contributed by atoms with Gasteiger partial charge in [-0.2, -0.15) is 0 Å². The molecule has 0 aromatic carbocycles. The number of carbonyl (C=O) groups excluding carboxylic acids is 1. The summed E-state index contributed by atoms with van der Waals surface area (Å²) in [5.74, 6) is 0.191. The molecule has 0 radical (unpaired) electrons. The third kappa shape index (κ3) is 3.76. The minimum absolute atomic E-state index is 0.191. The molecule has 1 heterocycles. The fraction of sp³-hybridized carbons (Fsp3) is 0.909. The van der Waals surface area contributed by atoms with Gasteiger partial charge in [0.05, 0.1) is 6.10 Å². The molecule has 3 heteroatoms. The molecule has 14 heavy (non-hydrogen) atoms. The van der Waals surface area contributed by atoms with Crippen molar-refractivity contribution >= 4 is 5.78 Å². The Balaban J connectivity index is 2.22. The summed E-state index contributed by atoms with van der Waals surface area (Å²) in [5, 5.41) is 3.27. The van der Waals surface area contributed by atoms with Crippen LogP contribution in [0.1, 0.15) is 33.6 Å². The minimum atomic E-state index is -0.271. The summed E-state index contributed by atoms with van der Waals surface area (Å²) in [4.78, 5) is 11.6. The van der Waals surface area contributed by atoms with Gasteiger partial charge in [-0.05, 0) is 25.9 Å². The van der Waals surface area contributed by atoms with E-state index >= 15 is 0 Å². The number of nitrogens with one attached hydrogen (secondary N) is 1. The normalized spacial score (nSPS) is 19.6. The number of hydrogen-bond acceptors (Lipinski definition) is 3. The summed E-state index contributed by atoms with van der Waals surface area (Å²) < 4.78 is 5.58. The van der Waals surface area contributed by atoms with Gasteiger partial charge >= 0.3 is 0 Å². The van der Waals surface area contributed by atoms with Crippen molar-refractivity contribution in [1.82, 2.24) is 5.32 Å². The molecule has 0 aromatic heterocycles. The minimum Gasteiger partial charge on any atom is -0.370 e. The second kappa shape index (κ2) is 4.89. The predicted molar refractivity (Wildman–Crippen MR) is 56.3 cm³/mol. The quantitative estimate of drug-likeness (QED) is 0.746. The number of piperidine rings is 1. The van der Waals surface area contributed by atoms with Crippen molar-refractivity contribution in [2.45, 2.75) is 39.7 Å². The number of carbonyl (C=O) groups is 1. The summed E-state index contributed by atoms with van der Waals surface area (Å²) in [6.45, 7) is 8.08. The molecule has 0 amide bonds. The lowest BCUT2D eigenvalue weighted by Crippen LogP contribution is -2.35. The number of ketones is 1. The molecule has 1 aliphatic rings. The van der Waals surface area contributed by atoms with Gasteiger partial charge in [-0.1, -0.05) is 20.8 Å². The highest BCUT2D eigenvalue weighted by molar-refractivity contribution is 5.84. The number of hydrogen-bond donors (Lipinski definition) is 1. The average molecular weight is 199 g/mol. The average Bonchev–Trinajstić information content (AvgIpc) is 2.14. The lowest BCUT2D eigenvalue weighted by molar-refractivity contribution is -0.133. The van der Waals surface area contributed by atoms with E-state index in [0.717, 1.165) is 25.9 Å². The van der Waals surface area contributed by atoms with Crippen LogP contribution in [-0.2, 0) is 9.53 Å². The van der Waals surface area contributed by atoms with E-state index in [-0.39, 0.29) is 23.9 Å². The standard InChI is InChI=1S/C11H21NO2/c1-11(2,3)10(13)8-14-9-4-6-12-7-5-9/h9,12H,4-8H2,1-3H3. The van der Waals surface area contributed by atoms with Crippen molar-refractivity contribution in [2.24, 2.45) is 5.41 Å². The summed E-state index contributed by atoms with van der Waals surface area (Å²) in [6, 6.07) is 0. The van der Waals surface area contributed by atoms with Crippen LogP contribution in [-0.4, -0.2) is 31.6 Å². The van der Waals surface area contributed by atoms with Gasteiger partial charge in [0, 0.05) is 5.41 Å². The van der Waals surface area contributed by atoms with Crippen LogP contribution in [0, 0.1) is 5.41 Å². The zero-order valence-corrected chi connectivity index (χ0v) is 9.43. The van der Waals surface area contributed by atoms with Crippen molar-refractivity contribution in [2.75, 3.05) is 19.7 Å². The Morgan fingerprint density at radius 1 is 1.36 bits per heavy atom. The molecule has 1 aliphatic heterocycles. The number of ether oxygens (including phenoxy) is 1. The van der Waals surface area contributed by atoms with Crippen LogP contribution >= 0.6 is 0 Å². The molecule has 0 aromatic rings. The maximum atomic E-state index is 11.6. The fourth-order valence-corrected chi connectivity index (χ4v) is 1.37. The van der Waals surface area contributed by atoms with Crippen LogP contribution in [0.2, 0.25) is 0 Å². The molecule has 1 fully saturated rings. The molecule has 1 N–H and O–H groups in total. The Bertz CT molecular complexity index is 190. The maximum Gasteiger partial charge on any atom is 0.163 e. The Hall–Kier alpha value is -0.410. The lowest BCUT2D eigenvalue weighted by Gasteiger charge is -2.24. The summed E-state index contributed by atoms with van der Waals surface area (Å²) in [6.07, 6.45) is 2.33. The van der Waals surface area contributed by atoms with Crippen LogP contribution in [0.4, 0.5) is 0 Å². The lowest BCUT2D eigenvalue weighted by atomic mass is 9.91. The third-order valence-electron chi connectivity index (χ3n) is 2.57. The Morgan fingerprint density at radius 3 is 2.43 bits per heavy atom. The van der Waals surface area contributed by atoms with Crippen LogP contribution < -0.4 is 5.32 Å². The van der Waals surface area contributed by atoms with Crippen LogP contribution in [0.5, 0.6) is 0 Å². The Kier molecular flexibility index (Phi) is 4.08. The first-order valence-corrected chi connectivity index (χ1v) is 5.36. The second-order valence-corrected chi connectivity index (χ2v) is 4.93. The van der Waals surface area contributed by atoms with Crippen molar-refractivity contribution < 1.29 is 9.53 Å². The summed E-state index contributed by atoms with van der Waals surface area (Å²) >= 11 is 0. The molecule has 0 bridgehead atoms. The molecule has 0 unspecified atom stereocenters. The molecule has 0 spiro atoms. The van der Waals surface area contributed by atoms with E-state index in [0.29, 0.717) is 0 Å². The first kappa shape index (κ1) is 11.7. The van der Waals surface area contributed by atoms with Gasteiger partial charge in [0.2, 0.25) is 0 Å². The summed E-state index contributed by atoms with van der Waals surface area (Å²) in [7, 11) is 0. The van der Waals surface area contributed by atoms with Crippen molar-refractivity contribution in [3.8, 4) is 0 Å². The highest BCUT2D eigenvalue weighted by atomic mass is 16.5. The van der Waals surface area contributed by atoms with Gasteiger partial charge in [0.25, 0.3) is 0 Å². The summed E-state index contributed by atoms with van der Waals surface area (Å²) in [5.41, 5.74) is -0.271. The van der Waals surface area contributed by atoms with E-state index in [1.54, 1.807) is 0 Å². The van der Waals surface area contributed by atoms with Gasteiger partial charge in [0.1, 0.15) is 6.61 Å². The highest BCUT2D eigenvalue weighted by Gasteiger charge is 2.23. The van der Waals surface area contributed by atoms with Crippen LogP contribution in [0.3, 0.4) is 0 Å². The van der Waals surface area contributed by atoms with Crippen LogP contribution in [0.15, 0.2) is 0 Å². The van der Waals surface area contributed by atoms with E-state index in [2.05, 4.69) is 5.32 Å². The highest BCUT2D eigenvalue weighted by Crippen LogP contribution is 2.16. The van der Waals surface area contributed by atoms with Crippen molar-refractivity contribution in [3.05, 3.63) is 0 Å². The monoisotopic (exact) mass is 199 g/mol. The third-order valence-corrected chi connectivity index (χ3v) is 2.57. The van der Waals surface area contributed by atoms with Gasteiger partial charge < -0.3 is 10.1 Å². The Morgan fingerprint density at radius 2 is 1.93 bits per heavy atom. The van der Waals surface area contributed by atoms with Gasteiger partial charge in [0.15, 0.2) is 5.78 Å². The molecular weight excluding hydrogens is 178 g/mol. The largest absolute Gasteiger partial charge is 0.370 e. The number of Topliss-reactive ketones (excluding diaryl/α,β-unsaturated/α-hetero) is 1.